The summed E-state index contributed by atoms with van der Waals surface area (Å²) >= 11 is 0. The predicted molar refractivity (Wildman–Crippen MR) is 211 cm³/mol. The third kappa shape index (κ3) is 5.37. The first-order valence-corrected chi connectivity index (χ1v) is 21.5. The van der Waals surface area contributed by atoms with Gasteiger partial charge in [-0.1, -0.05) is 66.2 Å². The molecule has 0 aromatic heterocycles. The third-order valence-corrected chi connectivity index (χ3v) is 18.4. The lowest BCUT2D eigenvalue weighted by Gasteiger charge is -2.72. The number of hydrogen-bond acceptors (Lipinski definition) is 3. The van der Waals surface area contributed by atoms with Gasteiger partial charge in [0.1, 0.15) is 0 Å². The summed E-state index contributed by atoms with van der Waals surface area (Å²) in [6.07, 6.45) is 19.9. The van der Waals surface area contributed by atoms with Crippen molar-refractivity contribution in [2.75, 3.05) is 19.6 Å². The number of fused-ring (bicyclic) bond motifs is 7. The van der Waals surface area contributed by atoms with Gasteiger partial charge in [0.05, 0.1) is 11.0 Å². The van der Waals surface area contributed by atoms with Gasteiger partial charge in [-0.2, -0.15) is 0 Å². The van der Waals surface area contributed by atoms with Crippen LogP contribution in [0.25, 0.3) is 5.57 Å². The topological polar surface area (TPSA) is 69.6 Å². The summed E-state index contributed by atoms with van der Waals surface area (Å²) in [6, 6.07) is 7.63. The van der Waals surface area contributed by atoms with E-state index in [0.29, 0.717) is 46.5 Å². The molecule has 1 aromatic rings. The number of hydrogen-bond donors (Lipinski definition) is 2. The number of nitrogens with one attached hydrogen (secondary N) is 1. The van der Waals surface area contributed by atoms with E-state index in [1.165, 1.54) is 94.9 Å². The fourth-order valence-corrected chi connectivity index (χ4v) is 15.4. The Hall–Kier alpha value is -2.14. The van der Waals surface area contributed by atoms with Gasteiger partial charge in [0.15, 0.2) is 0 Å². The maximum Gasteiger partial charge on any atom is 0.335 e. The van der Waals surface area contributed by atoms with Gasteiger partial charge in [-0.05, 0) is 190 Å². The van der Waals surface area contributed by atoms with Crippen molar-refractivity contribution in [2.24, 2.45) is 62.1 Å². The number of carboxylic acids is 1. The van der Waals surface area contributed by atoms with Crippen molar-refractivity contribution in [2.45, 2.75) is 151 Å². The summed E-state index contributed by atoms with van der Waals surface area (Å²) in [7, 11) is 0. The summed E-state index contributed by atoms with van der Waals surface area (Å²) < 4.78 is 0. The van der Waals surface area contributed by atoms with E-state index in [2.05, 4.69) is 71.7 Å². The van der Waals surface area contributed by atoms with Crippen molar-refractivity contribution in [3.8, 4) is 0 Å². The van der Waals surface area contributed by atoms with Crippen LogP contribution in [0, 0.1) is 62.1 Å². The lowest BCUT2D eigenvalue weighted by atomic mass is 9.32. The van der Waals surface area contributed by atoms with Crippen LogP contribution in [0.5, 0.6) is 0 Å². The molecule has 9 atom stereocenters. The number of piperidine rings is 1. The van der Waals surface area contributed by atoms with Crippen LogP contribution in [0.3, 0.4) is 0 Å². The van der Waals surface area contributed by atoms with Crippen LogP contribution < -0.4 is 5.32 Å². The van der Waals surface area contributed by atoms with Crippen LogP contribution in [0.15, 0.2) is 30.3 Å². The molecule has 0 radical (unpaired) electrons. The Morgan fingerprint density at radius 2 is 1.48 bits per heavy atom. The number of carbonyl (C=O) groups excluding carboxylic acids is 1. The molecule has 7 aliphatic rings. The first-order chi connectivity index (χ1) is 24.4. The molecular formula is C47H70N2O3. The highest BCUT2D eigenvalue weighted by molar-refractivity contribution is 5.88. The number of allylic oxidation sites excluding steroid dienone is 2. The van der Waals surface area contributed by atoms with Crippen LogP contribution in [-0.2, 0) is 4.79 Å². The summed E-state index contributed by atoms with van der Waals surface area (Å²) in [5, 5.41) is 13.3. The Balaban J connectivity index is 1.09. The number of aromatic carboxylic acids is 1. The highest BCUT2D eigenvalue weighted by atomic mass is 16.4. The van der Waals surface area contributed by atoms with Crippen molar-refractivity contribution in [3.63, 3.8) is 0 Å². The summed E-state index contributed by atoms with van der Waals surface area (Å²) in [4.78, 5) is 29.2. The Bertz CT molecular complexity index is 1610. The van der Waals surface area contributed by atoms with E-state index in [-0.39, 0.29) is 32.6 Å². The first-order valence-electron chi connectivity index (χ1n) is 21.5. The van der Waals surface area contributed by atoms with Gasteiger partial charge in [-0.25, -0.2) is 4.79 Å². The van der Waals surface area contributed by atoms with E-state index in [9.17, 15) is 9.90 Å². The molecule has 5 nitrogen and oxygen atoms in total. The molecule has 6 fully saturated rings. The molecule has 3 unspecified atom stereocenters. The standard InChI is InChI=1S/C47H70N2O3/c1-41(2,30-49-28-10-9-11-29-49)48-40(52)47-23-19-34(43(5)24-25-43)38(47)35-16-17-37-44(6)21-18-33(31-12-14-32(15-13-31)39(50)51)42(3,4)36(44)20-22-46(37,8)45(35,7)26-27-47/h12-15,18,34-38H,9-11,16-17,19-30H2,1-8H3,(H,48,52)(H,50,51)/t34-,35-,36?,37?,38?,44+,45-,46-,47+/m1/s1. The molecule has 2 N–H and O–H groups in total. The van der Waals surface area contributed by atoms with Gasteiger partial charge in [-0.15, -0.1) is 0 Å². The van der Waals surface area contributed by atoms with Gasteiger partial charge >= 0.3 is 5.97 Å². The average molecular weight is 711 g/mol. The van der Waals surface area contributed by atoms with Crippen molar-refractivity contribution in [1.29, 1.82) is 0 Å². The zero-order valence-electron chi connectivity index (χ0n) is 34.0. The molecule has 52 heavy (non-hydrogen) atoms. The highest BCUT2D eigenvalue weighted by Crippen LogP contribution is 2.79. The Labute approximate surface area is 315 Å². The minimum Gasteiger partial charge on any atom is -0.478 e. The average Bonchev–Trinajstić information content (AvgIpc) is 3.69. The minimum absolute atomic E-state index is 0.00868. The predicted octanol–water partition coefficient (Wildman–Crippen LogP) is 10.6. The van der Waals surface area contributed by atoms with Crippen LogP contribution in [0.4, 0.5) is 0 Å². The zero-order chi connectivity index (χ0) is 37.1. The lowest BCUT2D eigenvalue weighted by molar-refractivity contribution is -0.228. The van der Waals surface area contributed by atoms with E-state index in [1.54, 1.807) is 12.1 Å². The molecule has 1 heterocycles. The second-order valence-electron chi connectivity index (χ2n) is 21.8. The molecule has 5 saturated carbocycles. The molecule has 1 saturated heterocycles. The number of benzene rings is 1. The second-order valence-corrected chi connectivity index (χ2v) is 21.8. The van der Waals surface area contributed by atoms with E-state index < -0.39 is 5.97 Å². The number of nitrogens with zero attached hydrogens (tertiary/aromatic N) is 1. The quantitative estimate of drug-likeness (QED) is 0.296. The fraction of sp³-hybridized carbons (Fsp3) is 0.787. The maximum atomic E-state index is 15.0. The normalized spacial score (nSPS) is 42.2. The van der Waals surface area contributed by atoms with Crippen molar-refractivity contribution < 1.29 is 14.7 Å². The van der Waals surface area contributed by atoms with E-state index >= 15 is 4.79 Å². The zero-order valence-corrected chi connectivity index (χ0v) is 34.0. The highest BCUT2D eigenvalue weighted by Gasteiger charge is 2.73. The maximum absolute atomic E-state index is 15.0. The summed E-state index contributed by atoms with van der Waals surface area (Å²) in [5.74, 6) is 2.56. The molecule has 0 spiro atoms. The Morgan fingerprint density at radius 1 is 0.788 bits per heavy atom. The summed E-state index contributed by atoms with van der Waals surface area (Å²) in [6.45, 7) is 23.5. The number of likely N-dealkylation sites (tertiary alicyclic amines) is 1. The van der Waals surface area contributed by atoms with E-state index in [0.717, 1.165) is 25.8 Å². The first kappa shape index (κ1) is 36.8. The van der Waals surface area contributed by atoms with Crippen molar-refractivity contribution >= 4 is 17.4 Å². The van der Waals surface area contributed by atoms with E-state index in [4.69, 9.17) is 0 Å². The monoisotopic (exact) mass is 711 g/mol. The smallest absolute Gasteiger partial charge is 0.335 e. The molecule has 1 aromatic carbocycles. The molecule has 1 aliphatic heterocycles. The van der Waals surface area contributed by atoms with Crippen LogP contribution >= 0.6 is 0 Å². The van der Waals surface area contributed by atoms with Crippen LogP contribution in [-0.4, -0.2) is 47.1 Å². The lowest BCUT2D eigenvalue weighted by Crippen LogP contribution is -2.67. The van der Waals surface area contributed by atoms with Crippen LogP contribution in [0.2, 0.25) is 0 Å². The number of carbonyl (C=O) groups is 2. The molecule has 1 amide bonds. The van der Waals surface area contributed by atoms with Gasteiger partial charge in [-0.3, -0.25) is 4.79 Å². The van der Waals surface area contributed by atoms with Crippen molar-refractivity contribution in [3.05, 3.63) is 41.5 Å². The largest absolute Gasteiger partial charge is 0.478 e. The number of amides is 1. The molecule has 286 valence electrons. The Kier molecular flexibility index (Phi) is 8.62. The Morgan fingerprint density at radius 3 is 2.13 bits per heavy atom. The SMILES string of the molecule is CC(C)(CN1CCCCC1)NC(=O)[C@]12CC[C@@H](C3(C)CC3)C1[C@H]1CCC3[C@@]4(C)CC=C(c5ccc(C(=O)O)cc5)C(C)(C)C4CC[C@@]3(C)[C@]1(C)CC2. The minimum atomic E-state index is -0.862. The second kappa shape index (κ2) is 12.2. The molecular weight excluding hydrogens is 641 g/mol. The summed E-state index contributed by atoms with van der Waals surface area (Å²) in [5.41, 5.74) is 3.64. The molecule has 8 rings (SSSR count). The van der Waals surface area contributed by atoms with Crippen LogP contribution in [0.1, 0.15) is 161 Å². The number of rotatable bonds is 7. The van der Waals surface area contributed by atoms with Gasteiger partial charge < -0.3 is 15.3 Å². The van der Waals surface area contributed by atoms with Crippen molar-refractivity contribution in [1.82, 2.24) is 10.2 Å². The van der Waals surface area contributed by atoms with E-state index in [1.807, 2.05) is 12.1 Å². The number of carboxylic acid groups (broad SMARTS) is 1. The third-order valence-electron chi connectivity index (χ3n) is 18.4. The van der Waals surface area contributed by atoms with Gasteiger partial charge in [0, 0.05) is 12.1 Å². The molecule has 5 heteroatoms. The van der Waals surface area contributed by atoms with Gasteiger partial charge in [0.2, 0.25) is 5.91 Å². The molecule has 6 aliphatic carbocycles. The fourth-order valence-electron chi connectivity index (χ4n) is 15.4. The van der Waals surface area contributed by atoms with Gasteiger partial charge in [0.25, 0.3) is 0 Å². The molecule has 0 bridgehead atoms.